The number of nitriles is 2. The first-order chi connectivity index (χ1) is 25.9. The van der Waals surface area contributed by atoms with E-state index in [1.54, 1.807) is 19.1 Å². The van der Waals surface area contributed by atoms with E-state index in [9.17, 15) is 9.90 Å². The van der Waals surface area contributed by atoms with Crippen molar-refractivity contribution in [1.82, 2.24) is 40.1 Å². The SMILES string of the molecule is Cc1nc(Nc2ncc(C#N)s2)cc(OCC2CCN(C(C(=O)O)C(C)(C)C)CC2)n1.Cc1nc(Nc2ncc(C#N)s2)cc(OCC2CCNCC2)n1. The zero-order valence-electron chi connectivity index (χ0n) is 31.1. The number of hydrogen-bond donors (Lipinski definition) is 4. The van der Waals surface area contributed by atoms with Gasteiger partial charge in [-0.05, 0) is 83.0 Å². The number of ether oxygens (including phenoxy) is 2. The molecule has 0 radical (unpaired) electrons. The van der Waals surface area contributed by atoms with E-state index < -0.39 is 12.0 Å². The van der Waals surface area contributed by atoms with Gasteiger partial charge < -0.3 is 30.5 Å². The summed E-state index contributed by atoms with van der Waals surface area (Å²) in [4.78, 5) is 40.5. The summed E-state index contributed by atoms with van der Waals surface area (Å²) in [5.41, 5.74) is -0.317. The van der Waals surface area contributed by atoms with Crippen LogP contribution >= 0.6 is 22.7 Å². The van der Waals surface area contributed by atoms with Crippen molar-refractivity contribution >= 4 is 50.5 Å². The van der Waals surface area contributed by atoms with Crippen molar-refractivity contribution in [2.24, 2.45) is 17.3 Å². The third kappa shape index (κ3) is 12.0. The molecular weight excluding hydrogens is 729 g/mol. The van der Waals surface area contributed by atoms with Gasteiger partial charge in [-0.15, -0.1) is 0 Å². The molecule has 2 aliphatic rings. The number of piperidine rings is 2. The fourth-order valence-corrected chi connectivity index (χ4v) is 7.49. The number of carboxylic acid groups (broad SMARTS) is 1. The van der Waals surface area contributed by atoms with Crippen LogP contribution in [0.4, 0.5) is 21.9 Å². The Morgan fingerprint density at radius 2 is 1.33 bits per heavy atom. The van der Waals surface area contributed by atoms with Crippen molar-refractivity contribution in [2.45, 2.75) is 66.3 Å². The third-order valence-corrected chi connectivity index (χ3v) is 10.4. The molecule has 6 rings (SSSR count). The molecule has 0 spiro atoms. The van der Waals surface area contributed by atoms with Crippen molar-refractivity contribution in [2.75, 3.05) is 50.0 Å². The van der Waals surface area contributed by atoms with Crippen molar-refractivity contribution in [1.29, 1.82) is 10.5 Å². The van der Waals surface area contributed by atoms with Crippen LogP contribution in [0.3, 0.4) is 0 Å². The molecule has 4 aromatic heterocycles. The average molecular weight is 775 g/mol. The number of aryl methyl sites for hydroxylation is 2. The zero-order valence-corrected chi connectivity index (χ0v) is 32.8. The molecule has 16 nitrogen and oxygen atoms in total. The van der Waals surface area contributed by atoms with Gasteiger partial charge in [0, 0.05) is 12.1 Å². The predicted octanol–water partition coefficient (Wildman–Crippen LogP) is 5.68. The minimum absolute atomic E-state index is 0.317. The van der Waals surface area contributed by atoms with E-state index in [1.807, 2.05) is 27.7 Å². The van der Waals surface area contributed by atoms with Crippen LogP contribution in [0.25, 0.3) is 0 Å². The molecular formula is C36H46N12O4S2. The van der Waals surface area contributed by atoms with Crippen LogP contribution in [0.15, 0.2) is 24.5 Å². The summed E-state index contributed by atoms with van der Waals surface area (Å²) in [5, 5.41) is 38.1. The van der Waals surface area contributed by atoms with Gasteiger partial charge >= 0.3 is 5.97 Å². The number of carboxylic acids is 1. The lowest BCUT2D eigenvalue weighted by molar-refractivity contribution is -0.148. The topological polar surface area (TPSA) is 220 Å². The van der Waals surface area contributed by atoms with E-state index in [-0.39, 0.29) is 5.41 Å². The number of rotatable bonds is 12. The van der Waals surface area contributed by atoms with Gasteiger partial charge in [0.25, 0.3) is 0 Å². The molecule has 54 heavy (non-hydrogen) atoms. The number of hydrogen-bond acceptors (Lipinski definition) is 17. The maximum absolute atomic E-state index is 11.7. The summed E-state index contributed by atoms with van der Waals surface area (Å²) >= 11 is 2.53. The molecule has 4 N–H and O–H groups in total. The molecule has 0 saturated carbocycles. The first-order valence-corrected chi connectivity index (χ1v) is 19.4. The first kappa shape index (κ1) is 40.2. The lowest BCUT2D eigenvalue weighted by Crippen LogP contribution is -2.52. The Kier molecular flexibility index (Phi) is 14.0. The lowest BCUT2D eigenvalue weighted by Gasteiger charge is -2.41. The minimum Gasteiger partial charge on any atom is -0.480 e. The van der Waals surface area contributed by atoms with Gasteiger partial charge in [-0.3, -0.25) is 9.69 Å². The zero-order chi connectivity index (χ0) is 38.7. The van der Waals surface area contributed by atoms with Crippen LogP contribution in [0.1, 0.15) is 67.9 Å². The van der Waals surface area contributed by atoms with Crippen LogP contribution < -0.4 is 25.4 Å². The fraction of sp³-hybridized carbons (Fsp3) is 0.528. The second-order valence-electron chi connectivity index (χ2n) is 14.2. The second-order valence-corrected chi connectivity index (χ2v) is 16.3. The van der Waals surface area contributed by atoms with Gasteiger partial charge in [-0.25, -0.2) is 19.9 Å². The molecule has 2 fully saturated rings. The molecule has 18 heteroatoms. The minimum atomic E-state index is -0.763. The largest absolute Gasteiger partial charge is 0.480 e. The average Bonchev–Trinajstić information content (AvgIpc) is 3.79. The molecule has 0 bridgehead atoms. The van der Waals surface area contributed by atoms with E-state index in [1.165, 1.54) is 35.1 Å². The molecule has 0 amide bonds. The summed E-state index contributed by atoms with van der Waals surface area (Å²) in [5.74, 6) is 3.58. The highest BCUT2D eigenvalue weighted by Crippen LogP contribution is 2.30. The van der Waals surface area contributed by atoms with Crippen LogP contribution in [0, 0.1) is 53.8 Å². The summed E-state index contributed by atoms with van der Waals surface area (Å²) in [6, 6.07) is 7.12. The standard InChI is InChI=1S/C21H28N6O3S.C15H18N6OS/c1-13-24-16(26-20-23-11-15(10-22)31-20)9-17(25-13)30-12-14-5-7-27(8-6-14)18(19(28)29)21(2,3)4;1-10-19-13(21-15-18-8-12(7-16)23-15)6-14(20-10)22-9-11-2-4-17-5-3-11/h9,11,14,18H,5-8,12H2,1-4H3,(H,28,29)(H,23,24,25,26);6,8,11,17H,2-5,9H2,1H3,(H,18,19,20,21). The number of thiazole rings is 2. The van der Waals surface area contributed by atoms with Gasteiger partial charge in [-0.1, -0.05) is 43.4 Å². The maximum Gasteiger partial charge on any atom is 0.321 e. The van der Waals surface area contributed by atoms with Gasteiger partial charge in [0.05, 0.1) is 25.6 Å². The fourth-order valence-electron chi connectivity index (χ4n) is 6.25. The predicted molar refractivity (Wildman–Crippen MR) is 206 cm³/mol. The molecule has 0 aromatic carbocycles. The van der Waals surface area contributed by atoms with E-state index >= 15 is 0 Å². The highest BCUT2D eigenvalue weighted by atomic mass is 32.1. The van der Waals surface area contributed by atoms with Crippen LogP contribution in [0.2, 0.25) is 0 Å². The smallest absolute Gasteiger partial charge is 0.321 e. The molecule has 2 saturated heterocycles. The Hall–Kier alpha value is -5.01. The number of aromatic nitrogens is 6. The second kappa shape index (κ2) is 18.8. The first-order valence-electron chi connectivity index (χ1n) is 17.8. The molecule has 1 atom stereocenters. The van der Waals surface area contributed by atoms with Crippen molar-refractivity contribution in [3.8, 4) is 23.9 Å². The summed E-state index contributed by atoms with van der Waals surface area (Å²) in [7, 11) is 0. The van der Waals surface area contributed by atoms with E-state index in [2.05, 4.69) is 62.9 Å². The highest BCUT2D eigenvalue weighted by molar-refractivity contribution is 7.16. The molecule has 1 unspecified atom stereocenters. The van der Waals surface area contributed by atoms with Gasteiger partial charge in [0.2, 0.25) is 11.8 Å². The van der Waals surface area contributed by atoms with Crippen molar-refractivity contribution < 1.29 is 19.4 Å². The Balaban J connectivity index is 0.000000217. The number of carbonyl (C=O) groups is 1. The van der Waals surface area contributed by atoms with E-state index in [4.69, 9.17) is 20.0 Å². The number of anilines is 4. The maximum atomic E-state index is 11.7. The normalized spacial score (nSPS) is 15.9. The summed E-state index contributed by atoms with van der Waals surface area (Å²) in [6.07, 6.45) is 7.07. The van der Waals surface area contributed by atoms with E-state index in [0.717, 1.165) is 51.9 Å². The highest BCUT2D eigenvalue weighted by Gasteiger charge is 2.38. The third-order valence-electron chi connectivity index (χ3n) is 8.79. The molecule has 4 aromatic rings. The molecule has 2 aliphatic heterocycles. The Bertz CT molecular complexity index is 1940. The van der Waals surface area contributed by atoms with Crippen molar-refractivity contribution in [3.05, 3.63) is 45.9 Å². The summed E-state index contributed by atoms with van der Waals surface area (Å²) < 4.78 is 11.8. The molecule has 6 heterocycles. The Labute approximate surface area is 323 Å². The van der Waals surface area contributed by atoms with Crippen LogP contribution in [-0.4, -0.2) is 91.3 Å². The molecule has 286 valence electrons. The van der Waals surface area contributed by atoms with E-state index in [0.29, 0.717) is 80.1 Å². The quantitative estimate of drug-likeness (QED) is 0.136. The summed E-state index contributed by atoms with van der Waals surface area (Å²) in [6.45, 7) is 14.3. The Morgan fingerprint density at radius 1 is 0.870 bits per heavy atom. The van der Waals surface area contributed by atoms with Gasteiger partial charge in [-0.2, -0.15) is 20.5 Å². The lowest BCUT2D eigenvalue weighted by atomic mass is 9.84. The number of nitrogens with one attached hydrogen (secondary N) is 3. The Morgan fingerprint density at radius 3 is 1.74 bits per heavy atom. The number of aliphatic carboxylic acids is 1. The number of nitrogens with zero attached hydrogens (tertiary/aromatic N) is 9. The van der Waals surface area contributed by atoms with Gasteiger partial charge in [0.15, 0.2) is 10.3 Å². The van der Waals surface area contributed by atoms with Crippen LogP contribution in [-0.2, 0) is 4.79 Å². The van der Waals surface area contributed by atoms with Gasteiger partial charge in [0.1, 0.15) is 51.2 Å². The van der Waals surface area contributed by atoms with Crippen molar-refractivity contribution in [3.63, 3.8) is 0 Å². The monoisotopic (exact) mass is 774 g/mol. The van der Waals surface area contributed by atoms with Crippen LogP contribution in [0.5, 0.6) is 11.8 Å². The molecule has 0 aliphatic carbocycles. The number of likely N-dealkylation sites (tertiary alicyclic amines) is 1.